The summed E-state index contributed by atoms with van der Waals surface area (Å²) < 4.78 is 10.7. The lowest BCUT2D eigenvalue weighted by atomic mass is 10.5. The lowest BCUT2D eigenvalue weighted by Gasteiger charge is -2.39. The van der Waals surface area contributed by atoms with Crippen LogP contribution in [0.1, 0.15) is 34.6 Å². The smallest absolute Gasteiger partial charge is 0.134 e. The van der Waals surface area contributed by atoms with Crippen LogP contribution in [0.25, 0.3) is 0 Å². The fourth-order valence-corrected chi connectivity index (χ4v) is 8.36. The maximum Gasteiger partial charge on any atom is 0.134 e. The summed E-state index contributed by atoms with van der Waals surface area (Å²) in [4.78, 5) is 5.31. The van der Waals surface area contributed by atoms with Crippen molar-refractivity contribution in [2.75, 3.05) is 40.4 Å². The van der Waals surface area contributed by atoms with Gasteiger partial charge in [-0.05, 0) is 26.2 Å². The van der Waals surface area contributed by atoms with Crippen LogP contribution in [-0.2, 0) is 9.47 Å². The van der Waals surface area contributed by atoms with Crippen molar-refractivity contribution in [3.63, 3.8) is 0 Å². The molecule has 0 aromatic rings. The molecule has 0 heterocycles. The van der Waals surface area contributed by atoms with Crippen molar-refractivity contribution in [3.05, 3.63) is 0 Å². The Morgan fingerprint density at radius 3 is 1.62 bits per heavy atom. The molecule has 6 heteroatoms. The zero-order valence-electron chi connectivity index (χ0n) is 15.4. The molecule has 0 aromatic carbocycles. The third kappa shape index (κ3) is 7.90. The summed E-state index contributed by atoms with van der Waals surface area (Å²) in [6.45, 7) is 16.3. The van der Waals surface area contributed by atoms with Crippen LogP contribution in [-0.4, -0.2) is 80.9 Å². The molecular formula is C15H38N2O2Si2. The molecule has 0 spiro atoms. The number of rotatable bonds is 13. The van der Waals surface area contributed by atoms with Crippen molar-refractivity contribution in [1.82, 2.24) is 9.80 Å². The van der Waals surface area contributed by atoms with Gasteiger partial charge >= 0.3 is 0 Å². The molecule has 0 aromatic heterocycles. The molecule has 0 N–H and O–H groups in total. The average molecular weight is 335 g/mol. The first-order chi connectivity index (χ1) is 10.1. The van der Waals surface area contributed by atoms with E-state index in [-0.39, 0.29) is 25.0 Å². The van der Waals surface area contributed by atoms with Gasteiger partial charge in [0.1, 0.15) is 5.91 Å². The molecule has 0 bridgehead atoms. The fourth-order valence-electron chi connectivity index (χ4n) is 3.05. The summed E-state index contributed by atoms with van der Waals surface area (Å²) in [6, 6.07) is 1.34. The SMILES string of the molecule is CCN(CC)C([SiH2]C(C)C[SiH2]C(OC)OC)N(CC)CC. The second-order valence-corrected chi connectivity index (χ2v) is 10.2. The monoisotopic (exact) mass is 334 g/mol. The Morgan fingerprint density at radius 2 is 1.29 bits per heavy atom. The second-order valence-electron chi connectivity index (χ2n) is 5.74. The molecule has 0 fully saturated rings. The number of methoxy groups -OCH3 is 2. The third-order valence-corrected chi connectivity index (χ3v) is 10.4. The van der Waals surface area contributed by atoms with Gasteiger partial charge in [-0.15, -0.1) is 0 Å². The molecule has 0 aliphatic rings. The lowest BCUT2D eigenvalue weighted by molar-refractivity contribution is -0.0441. The molecule has 4 nitrogen and oxygen atoms in total. The van der Waals surface area contributed by atoms with Crippen LogP contribution in [0.4, 0.5) is 0 Å². The average Bonchev–Trinajstić information content (AvgIpc) is 2.50. The van der Waals surface area contributed by atoms with E-state index < -0.39 is 0 Å². The number of hydrogen-bond acceptors (Lipinski definition) is 4. The molecule has 0 radical (unpaired) electrons. The minimum absolute atomic E-state index is 0.0989. The predicted molar refractivity (Wildman–Crippen MR) is 98.8 cm³/mol. The molecule has 1 atom stereocenters. The predicted octanol–water partition coefficient (Wildman–Crippen LogP) is 1.09. The Morgan fingerprint density at radius 1 is 0.857 bits per heavy atom. The van der Waals surface area contributed by atoms with Crippen molar-refractivity contribution >= 4 is 19.0 Å². The Hall–Kier alpha value is 0.274. The summed E-state index contributed by atoms with van der Waals surface area (Å²) >= 11 is 0. The molecule has 21 heavy (non-hydrogen) atoms. The molecule has 0 rings (SSSR count). The normalized spacial score (nSPS) is 15.0. The Labute approximate surface area is 137 Å². The maximum absolute atomic E-state index is 5.37. The van der Waals surface area contributed by atoms with Crippen LogP contribution in [0, 0.1) is 0 Å². The first kappa shape index (κ1) is 21.3. The van der Waals surface area contributed by atoms with Gasteiger partial charge in [0.25, 0.3) is 0 Å². The summed E-state index contributed by atoms with van der Waals surface area (Å²) in [5.74, 6) is 0.810. The second kappa shape index (κ2) is 12.8. The van der Waals surface area contributed by atoms with E-state index in [9.17, 15) is 0 Å². The highest BCUT2D eigenvalue weighted by Crippen LogP contribution is 2.16. The zero-order chi connectivity index (χ0) is 16.3. The minimum atomic E-state index is -0.286. The van der Waals surface area contributed by atoms with Crippen LogP contribution >= 0.6 is 0 Å². The molecule has 0 aliphatic carbocycles. The van der Waals surface area contributed by atoms with Gasteiger partial charge in [0.15, 0.2) is 0 Å². The highest BCUT2D eigenvalue weighted by atomic mass is 28.2. The van der Waals surface area contributed by atoms with Crippen molar-refractivity contribution < 1.29 is 9.47 Å². The van der Waals surface area contributed by atoms with E-state index in [1.165, 1.54) is 6.04 Å². The molecule has 1 unspecified atom stereocenters. The van der Waals surface area contributed by atoms with Gasteiger partial charge in [0.2, 0.25) is 0 Å². The molecule has 128 valence electrons. The van der Waals surface area contributed by atoms with Gasteiger partial charge in [-0.25, -0.2) is 0 Å². The molecule has 0 saturated heterocycles. The van der Waals surface area contributed by atoms with Crippen LogP contribution < -0.4 is 0 Å². The highest BCUT2D eigenvalue weighted by molar-refractivity contribution is 6.45. The Kier molecular flexibility index (Phi) is 12.9. The van der Waals surface area contributed by atoms with E-state index in [1.54, 1.807) is 14.2 Å². The van der Waals surface area contributed by atoms with Crippen LogP contribution in [0.15, 0.2) is 0 Å². The van der Waals surface area contributed by atoms with E-state index in [0.717, 1.165) is 31.7 Å². The summed E-state index contributed by atoms with van der Waals surface area (Å²) in [7, 11) is 3.07. The third-order valence-electron chi connectivity index (χ3n) is 4.50. The van der Waals surface area contributed by atoms with Crippen molar-refractivity contribution in [2.24, 2.45) is 0 Å². The van der Waals surface area contributed by atoms with Crippen molar-refractivity contribution in [1.29, 1.82) is 0 Å². The number of hydrogen-bond donors (Lipinski definition) is 0. The van der Waals surface area contributed by atoms with Gasteiger partial charge < -0.3 is 9.47 Å². The maximum atomic E-state index is 5.37. The summed E-state index contributed by atoms with van der Waals surface area (Å²) in [6.07, 6.45) is 0. The molecule has 0 saturated carbocycles. The van der Waals surface area contributed by atoms with Crippen LogP contribution in [0.2, 0.25) is 11.6 Å². The Bertz CT molecular complexity index is 224. The minimum Gasteiger partial charge on any atom is -0.360 e. The number of ether oxygens (including phenoxy) is 2. The zero-order valence-corrected chi connectivity index (χ0v) is 18.2. The van der Waals surface area contributed by atoms with E-state index >= 15 is 0 Å². The first-order valence-corrected chi connectivity index (χ1v) is 12.1. The van der Waals surface area contributed by atoms with Crippen molar-refractivity contribution in [3.8, 4) is 0 Å². The quantitative estimate of drug-likeness (QED) is 0.372. The van der Waals surface area contributed by atoms with Gasteiger partial charge in [0.05, 0.1) is 19.0 Å². The van der Waals surface area contributed by atoms with E-state index in [4.69, 9.17) is 9.47 Å². The van der Waals surface area contributed by atoms with Crippen molar-refractivity contribution in [2.45, 2.75) is 57.9 Å². The van der Waals surface area contributed by atoms with Crippen LogP contribution in [0.3, 0.4) is 0 Å². The molecule has 0 aliphatic heterocycles. The molecular weight excluding hydrogens is 296 g/mol. The topological polar surface area (TPSA) is 24.9 Å². The van der Waals surface area contributed by atoms with Crippen LogP contribution in [0.5, 0.6) is 0 Å². The van der Waals surface area contributed by atoms with Gasteiger partial charge in [-0.1, -0.05) is 46.2 Å². The summed E-state index contributed by atoms with van der Waals surface area (Å²) in [5.41, 5.74) is 0.871. The van der Waals surface area contributed by atoms with Gasteiger partial charge in [-0.3, -0.25) is 9.80 Å². The fraction of sp³-hybridized carbons (Fsp3) is 1.00. The van der Waals surface area contributed by atoms with E-state index in [2.05, 4.69) is 44.4 Å². The van der Waals surface area contributed by atoms with Gasteiger partial charge in [-0.2, -0.15) is 0 Å². The molecule has 0 amide bonds. The standard InChI is InChI=1S/C15H38N2O2Si2/c1-8-16(9-2)14(17(10-3)11-4)21-13(5)12-20-15(18-6)19-7/h13-15H,8-12,20-21H2,1-7H3. The van der Waals surface area contributed by atoms with E-state index in [0.29, 0.717) is 5.79 Å². The summed E-state index contributed by atoms with van der Waals surface area (Å²) in [5, 5.41) is 0. The number of nitrogens with zero attached hydrogens (tertiary/aromatic N) is 2. The largest absolute Gasteiger partial charge is 0.360 e. The van der Waals surface area contributed by atoms with Gasteiger partial charge in [0, 0.05) is 20.0 Å². The van der Waals surface area contributed by atoms with E-state index in [1.807, 2.05) is 0 Å². The lowest BCUT2D eigenvalue weighted by Crippen LogP contribution is -2.52. The first-order valence-electron chi connectivity index (χ1n) is 8.61. The Balaban J connectivity index is 4.57. The highest BCUT2D eigenvalue weighted by Gasteiger charge is 2.24.